The van der Waals surface area contributed by atoms with Crippen molar-refractivity contribution in [3.8, 4) is 0 Å². The number of nitrogens with one attached hydrogen (secondary N) is 2. The van der Waals surface area contributed by atoms with E-state index < -0.39 is 14.9 Å². The fourth-order valence-corrected chi connectivity index (χ4v) is 3.41. The first kappa shape index (κ1) is 15.4. The van der Waals surface area contributed by atoms with Crippen LogP contribution in [0.25, 0.3) is 0 Å². The van der Waals surface area contributed by atoms with Crippen molar-refractivity contribution < 1.29 is 13.3 Å². The Labute approximate surface area is 125 Å². The molecular formula is C12H13N3O4S2. The van der Waals surface area contributed by atoms with Gasteiger partial charge in [-0.3, -0.25) is 10.1 Å². The van der Waals surface area contributed by atoms with Crippen LogP contribution >= 0.6 is 11.3 Å². The highest BCUT2D eigenvalue weighted by molar-refractivity contribution is 7.89. The molecule has 2 aromatic rings. The lowest BCUT2D eigenvalue weighted by atomic mass is 10.3. The van der Waals surface area contributed by atoms with Crippen molar-refractivity contribution in [1.82, 2.24) is 4.72 Å². The van der Waals surface area contributed by atoms with Crippen molar-refractivity contribution in [1.29, 1.82) is 0 Å². The summed E-state index contributed by atoms with van der Waals surface area (Å²) in [5, 5.41) is 17.2. The molecule has 2 N–H and O–H groups in total. The molecule has 0 radical (unpaired) electrons. The Morgan fingerprint density at radius 3 is 2.67 bits per heavy atom. The van der Waals surface area contributed by atoms with Crippen LogP contribution in [0.15, 0.2) is 39.9 Å². The minimum Gasteiger partial charge on any atom is -0.383 e. The summed E-state index contributed by atoms with van der Waals surface area (Å²) >= 11 is 1.48. The molecule has 0 atom stereocenters. The molecule has 9 heteroatoms. The lowest BCUT2D eigenvalue weighted by Crippen LogP contribution is -2.23. The maximum absolute atomic E-state index is 12.2. The van der Waals surface area contributed by atoms with E-state index in [0.29, 0.717) is 0 Å². The zero-order chi connectivity index (χ0) is 15.5. The summed E-state index contributed by atoms with van der Waals surface area (Å²) in [7, 11) is -2.22. The Bertz CT molecular complexity index is 742. The van der Waals surface area contributed by atoms with Crippen LogP contribution in [0.2, 0.25) is 0 Å². The van der Waals surface area contributed by atoms with E-state index in [1.165, 1.54) is 36.6 Å². The van der Waals surface area contributed by atoms with Gasteiger partial charge >= 0.3 is 0 Å². The van der Waals surface area contributed by atoms with Crippen LogP contribution in [0.1, 0.15) is 5.56 Å². The van der Waals surface area contributed by atoms with E-state index in [0.717, 1.165) is 5.56 Å². The second-order valence-corrected chi connectivity index (χ2v) is 6.69. The van der Waals surface area contributed by atoms with Crippen LogP contribution in [0, 0.1) is 10.1 Å². The largest absolute Gasteiger partial charge is 0.383 e. The SMILES string of the molecule is CNc1cc(S(=O)(=O)NCc2ccsc2)ccc1[N+](=O)[O-]. The van der Waals surface area contributed by atoms with Gasteiger partial charge in [0.15, 0.2) is 0 Å². The van der Waals surface area contributed by atoms with Gasteiger partial charge in [-0.2, -0.15) is 11.3 Å². The van der Waals surface area contributed by atoms with Gasteiger partial charge in [0.1, 0.15) is 5.69 Å². The van der Waals surface area contributed by atoms with Crippen LogP contribution in [0.4, 0.5) is 11.4 Å². The van der Waals surface area contributed by atoms with E-state index in [4.69, 9.17) is 0 Å². The van der Waals surface area contributed by atoms with Gasteiger partial charge in [0.2, 0.25) is 10.0 Å². The van der Waals surface area contributed by atoms with Gasteiger partial charge in [-0.05, 0) is 34.5 Å². The van der Waals surface area contributed by atoms with E-state index in [2.05, 4.69) is 10.0 Å². The third-order valence-electron chi connectivity index (χ3n) is 2.79. The Morgan fingerprint density at radius 2 is 2.10 bits per heavy atom. The Hall–Kier alpha value is -1.97. The second kappa shape index (κ2) is 6.20. The minimum atomic E-state index is -3.72. The number of anilines is 1. The third kappa shape index (κ3) is 3.57. The topological polar surface area (TPSA) is 101 Å². The molecule has 1 aromatic heterocycles. The standard InChI is InChI=1S/C12H13N3O4S2/c1-13-11-6-10(2-3-12(11)15(16)17)21(18,19)14-7-9-4-5-20-8-9/h2-6,8,13-14H,7H2,1H3. The number of nitro benzene ring substituents is 1. The summed E-state index contributed by atoms with van der Waals surface area (Å²) in [6.07, 6.45) is 0. The molecule has 0 amide bonds. The van der Waals surface area contributed by atoms with Crippen molar-refractivity contribution in [2.24, 2.45) is 0 Å². The van der Waals surface area contributed by atoms with E-state index in [-0.39, 0.29) is 22.8 Å². The second-order valence-electron chi connectivity index (χ2n) is 4.14. The monoisotopic (exact) mass is 327 g/mol. The number of hydrogen-bond acceptors (Lipinski definition) is 6. The van der Waals surface area contributed by atoms with E-state index in [9.17, 15) is 18.5 Å². The molecular weight excluding hydrogens is 314 g/mol. The first-order valence-corrected chi connectivity index (χ1v) is 8.33. The normalized spacial score (nSPS) is 11.3. The molecule has 7 nitrogen and oxygen atoms in total. The number of hydrogen-bond donors (Lipinski definition) is 2. The van der Waals surface area contributed by atoms with Gasteiger partial charge < -0.3 is 5.32 Å². The van der Waals surface area contributed by atoms with E-state index in [1.807, 2.05) is 16.8 Å². The van der Waals surface area contributed by atoms with Gasteiger partial charge in [-0.15, -0.1) is 0 Å². The number of nitrogens with zero attached hydrogens (tertiary/aromatic N) is 1. The van der Waals surface area contributed by atoms with Gasteiger partial charge in [-0.25, -0.2) is 13.1 Å². The molecule has 0 aliphatic carbocycles. The molecule has 21 heavy (non-hydrogen) atoms. The summed E-state index contributed by atoms with van der Waals surface area (Å²) in [4.78, 5) is 10.2. The molecule has 0 unspecified atom stereocenters. The summed E-state index contributed by atoms with van der Waals surface area (Å²) in [6.45, 7) is 0.178. The van der Waals surface area contributed by atoms with Crippen LogP contribution in [-0.4, -0.2) is 20.4 Å². The van der Waals surface area contributed by atoms with Crippen molar-refractivity contribution in [2.75, 3.05) is 12.4 Å². The molecule has 1 heterocycles. The zero-order valence-electron chi connectivity index (χ0n) is 11.1. The number of benzene rings is 1. The molecule has 0 aliphatic rings. The molecule has 0 spiro atoms. The van der Waals surface area contributed by atoms with Gasteiger partial charge in [0.05, 0.1) is 9.82 Å². The summed E-state index contributed by atoms with van der Waals surface area (Å²) in [6, 6.07) is 5.45. The molecule has 0 saturated carbocycles. The lowest BCUT2D eigenvalue weighted by molar-refractivity contribution is -0.384. The Balaban J connectivity index is 2.25. The van der Waals surface area contributed by atoms with Crippen molar-refractivity contribution in [2.45, 2.75) is 11.4 Å². The maximum atomic E-state index is 12.2. The molecule has 0 saturated heterocycles. The van der Waals surface area contributed by atoms with Crippen molar-refractivity contribution >= 4 is 32.7 Å². The van der Waals surface area contributed by atoms with Gasteiger partial charge in [0, 0.05) is 19.7 Å². The number of nitro groups is 1. The smallest absolute Gasteiger partial charge is 0.292 e. The lowest BCUT2D eigenvalue weighted by Gasteiger charge is -2.08. The maximum Gasteiger partial charge on any atom is 0.292 e. The van der Waals surface area contributed by atoms with Crippen LogP contribution in [0.3, 0.4) is 0 Å². The first-order chi connectivity index (χ1) is 9.94. The molecule has 112 valence electrons. The number of sulfonamides is 1. The van der Waals surface area contributed by atoms with E-state index in [1.54, 1.807) is 0 Å². The molecule has 0 bridgehead atoms. The van der Waals surface area contributed by atoms with Gasteiger partial charge in [0.25, 0.3) is 5.69 Å². The average molecular weight is 327 g/mol. The van der Waals surface area contributed by atoms with Crippen LogP contribution < -0.4 is 10.0 Å². The highest BCUT2D eigenvalue weighted by Crippen LogP contribution is 2.26. The fourth-order valence-electron chi connectivity index (χ4n) is 1.70. The molecule has 0 aliphatic heterocycles. The minimum absolute atomic E-state index is 0.0207. The van der Waals surface area contributed by atoms with Gasteiger partial charge in [-0.1, -0.05) is 0 Å². The van der Waals surface area contributed by atoms with Crippen LogP contribution in [0.5, 0.6) is 0 Å². The van der Waals surface area contributed by atoms with E-state index >= 15 is 0 Å². The van der Waals surface area contributed by atoms with Crippen molar-refractivity contribution in [3.63, 3.8) is 0 Å². The molecule has 2 rings (SSSR count). The Kier molecular flexibility index (Phi) is 4.56. The third-order valence-corrected chi connectivity index (χ3v) is 4.92. The quantitative estimate of drug-likeness (QED) is 0.625. The molecule has 0 fully saturated rings. The van der Waals surface area contributed by atoms with Crippen molar-refractivity contribution in [3.05, 3.63) is 50.7 Å². The summed E-state index contributed by atoms with van der Waals surface area (Å²) in [5.74, 6) is 0. The summed E-state index contributed by atoms with van der Waals surface area (Å²) in [5.41, 5.74) is 0.840. The molecule has 1 aromatic carbocycles. The number of rotatable bonds is 6. The predicted molar refractivity (Wildman–Crippen MR) is 81.0 cm³/mol. The predicted octanol–water partition coefficient (Wildman–Crippen LogP) is 2.18. The highest BCUT2D eigenvalue weighted by atomic mass is 32.2. The summed E-state index contributed by atoms with van der Waals surface area (Å²) < 4.78 is 26.8. The average Bonchev–Trinajstić information content (AvgIpc) is 2.97. The Morgan fingerprint density at radius 1 is 1.33 bits per heavy atom. The number of thiophene rings is 1. The highest BCUT2D eigenvalue weighted by Gasteiger charge is 2.19. The van der Waals surface area contributed by atoms with Crippen LogP contribution in [-0.2, 0) is 16.6 Å². The first-order valence-electron chi connectivity index (χ1n) is 5.91. The fraction of sp³-hybridized carbons (Fsp3) is 0.167. The zero-order valence-corrected chi connectivity index (χ0v) is 12.7.